The van der Waals surface area contributed by atoms with Crippen LogP contribution < -0.4 is 5.32 Å². The maximum atomic E-state index is 12.0. The normalized spacial score (nSPS) is 11.8. The molecule has 126 valence electrons. The minimum absolute atomic E-state index is 0.0169. The third-order valence-electron chi connectivity index (χ3n) is 3.00. The lowest BCUT2D eigenvalue weighted by Crippen LogP contribution is -2.41. The number of aryl methyl sites for hydroxylation is 1. The Hall–Kier alpha value is -1.51. The third-order valence-corrected chi connectivity index (χ3v) is 5.81. The minimum Gasteiger partial charge on any atom is -0.351 e. The highest BCUT2D eigenvalue weighted by molar-refractivity contribution is 8.00. The second-order valence-corrected chi connectivity index (χ2v) is 9.44. The first-order valence-corrected chi connectivity index (χ1v) is 10.1. The Labute approximate surface area is 152 Å². The van der Waals surface area contributed by atoms with E-state index in [1.54, 1.807) is 22.7 Å². The molecule has 0 radical (unpaired) electrons. The van der Waals surface area contributed by atoms with Crippen LogP contribution in [0.5, 0.6) is 0 Å². The van der Waals surface area contributed by atoms with E-state index in [0.717, 1.165) is 25.8 Å². The van der Waals surface area contributed by atoms with E-state index in [4.69, 9.17) is 0 Å². The van der Waals surface area contributed by atoms with Crippen LogP contribution in [0.15, 0.2) is 22.5 Å². The van der Waals surface area contributed by atoms with Crippen LogP contribution >= 0.6 is 34.4 Å². The van der Waals surface area contributed by atoms with Crippen LogP contribution in [0.1, 0.15) is 25.8 Å². The molecule has 3 aromatic heterocycles. The van der Waals surface area contributed by atoms with Gasteiger partial charge in [0, 0.05) is 5.54 Å². The molecule has 3 rings (SSSR count). The molecule has 1 amide bonds. The van der Waals surface area contributed by atoms with Crippen LogP contribution in [-0.4, -0.2) is 32.4 Å². The number of thioether (sulfide) groups is 1. The number of thiazole rings is 1. The molecule has 0 unspecified atom stereocenters. The standard InChI is InChI=1S/C16H18N4OS3/c1-9-17-13-14(24-9)12(10-6-5-7-22-10)19-20-15(13)23-8-11(21)18-16(2,3)4/h5-7H,8H2,1-4H3,(H,18,21). The summed E-state index contributed by atoms with van der Waals surface area (Å²) in [5.74, 6) is 0.285. The van der Waals surface area contributed by atoms with Crippen molar-refractivity contribution in [1.82, 2.24) is 20.5 Å². The molecule has 3 aromatic rings. The fraction of sp³-hybridized carbons (Fsp3) is 0.375. The van der Waals surface area contributed by atoms with Gasteiger partial charge in [-0.25, -0.2) is 4.98 Å². The van der Waals surface area contributed by atoms with Gasteiger partial charge in [-0.1, -0.05) is 17.8 Å². The molecule has 0 aromatic carbocycles. The highest BCUT2D eigenvalue weighted by atomic mass is 32.2. The van der Waals surface area contributed by atoms with Gasteiger partial charge in [0.1, 0.15) is 16.2 Å². The van der Waals surface area contributed by atoms with Crippen molar-refractivity contribution in [2.45, 2.75) is 38.3 Å². The van der Waals surface area contributed by atoms with Crippen molar-refractivity contribution in [1.29, 1.82) is 0 Å². The highest BCUT2D eigenvalue weighted by Crippen LogP contribution is 2.36. The van der Waals surface area contributed by atoms with Gasteiger partial charge in [0.15, 0.2) is 0 Å². The second-order valence-electron chi connectivity index (χ2n) is 6.33. The van der Waals surface area contributed by atoms with Gasteiger partial charge in [-0.05, 0) is 39.1 Å². The zero-order valence-electron chi connectivity index (χ0n) is 13.9. The molecule has 0 aliphatic carbocycles. The third kappa shape index (κ3) is 3.93. The summed E-state index contributed by atoms with van der Waals surface area (Å²) in [6.45, 7) is 7.87. The van der Waals surface area contributed by atoms with Gasteiger partial charge in [-0.2, -0.15) is 0 Å². The van der Waals surface area contributed by atoms with Gasteiger partial charge in [-0.3, -0.25) is 4.79 Å². The van der Waals surface area contributed by atoms with E-state index in [2.05, 4.69) is 20.5 Å². The molecule has 3 heterocycles. The predicted octanol–water partition coefficient (Wildman–Crippen LogP) is 4.13. The quantitative estimate of drug-likeness (QED) is 0.691. The number of amides is 1. The van der Waals surface area contributed by atoms with Gasteiger partial charge in [0.05, 0.1) is 20.3 Å². The summed E-state index contributed by atoms with van der Waals surface area (Å²) in [5.41, 5.74) is 1.47. The lowest BCUT2D eigenvalue weighted by Gasteiger charge is -2.20. The number of nitrogens with one attached hydrogen (secondary N) is 1. The monoisotopic (exact) mass is 378 g/mol. The van der Waals surface area contributed by atoms with Crippen molar-refractivity contribution >= 4 is 50.6 Å². The Bertz CT molecular complexity index is 865. The molecular weight excluding hydrogens is 360 g/mol. The number of hydrogen-bond acceptors (Lipinski definition) is 7. The summed E-state index contributed by atoms with van der Waals surface area (Å²) in [4.78, 5) is 17.7. The van der Waals surface area contributed by atoms with E-state index in [9.17, 15) is 4.79 Å². The molecule has 24 heavy (non-hydrogen) atoms. The summed E-state index contributed by atoms with van der Waals surface area (Å²) in [6.07, 6.45) is 0. The van der Waals surface area contributed by atoms with Crippen molar-refractivity contribution < 1.29 is 4.79 Å². The Kier molecular flexibility index (Phi) is 4.89. The first-order chi connectivity index (χ1) is 11.3. The molecule has 0 fully saturated rings. The van der Waals surface area contributed by atoms with Crippen LogP contribution in [0, 0.1) is 6.92 Å². The van der Waals surface area contributed by atoms with E-state index < -0.39 is 0 Å². The lowest BCUT2D eigenvalue weighted by molar-refractivity contribution is -0.119. The van der Waals surface area contributed by atoms with Gasteiger partial charge in [-0.15, -0.1) is 32.9 Å². The Morgan fingerprint density at radius 3 is 2.79 bits per heavy atom. The Balaban J connectivity index is 1.88. The zero-order valence-corrected chi connectivity index (χ0v) is 16.4. The summed E-state index contributed by atoms with van der Waals surface area (Å²) >= 11 is 4.63. The van der Waals surface area contributed by atoms with Crippen LogP contribution in [0.2, 0.25) is 0 Å². The summed E-state index contributed by atoms with van der Waals surface area (Å²) < 4.78 is 1.03. The van der Waals surface area contributed by atoms with Crippen LogP contribution in [0.25, 0.3) is 20.8 Å². The number of carbonyl (C=O) groups is 1. The summed E-state index contributed by atoms with van der Waals surface area (Å²) in [5, 5.41) is 15.4. The zero-order chi connectivity index (χ0) is 17.3. The predicted molar refractivity (Wildman–Crippen MR) is 102 cm³/mol. The van der Waals surface area contributed by atoms with Crippen molar-refractivity contribution in [3.63, 3.8) is 0 Å². The second kappa shape index (κ2) is 6.78. The van der Waals surface area contributed by atoms with E-state index >= 15 is 0 Å². The van der Waals surface area contributed by atoms with Crippen molar-refractivity contribution in [3.8, 4) is 10.6 Å². The van der Waals surface area contributed by atoms with Gasteiger partial charge in [0.2, 0.25) is 5.91 Å². The number of hydrogen-bond donors (Lipinski definition) is 1. The lowest BCUT2D eigenvalue weighted by atomic mass is 10.1. The molecule has 0 saturated carbocycles. The van der Waals surface area contributed by atoms with Crippen molar-refractivity contribution in [2.24, 2.45) is 0 Å². The molecule has 5 nitrogen and oxygen atoms in total. The smallest absolute Gasteiger partial charge is 0.230 e. The van der Waals surface area contributed by atoms with Crippen molar-refractivity contribution in [3.05, 3.63) is 22.5 Å². The van der Waals surface area contributed by atoms with E-state index in [1.807, 2.05) is 45.2 Å². The number of rotatable bonds is 4. The molecule has 0 aliphatic heterocycles. The topological polar surface area (TPSA) is 67.8 Å². The fourth-order valence-electron chi connectivity index (χ4n) is 2.18. The average Bonchev–Trinajstić information content (AvgIpc) is 3.11. The number of thiophene rings is 1. The number of fused-ring (bicyclic) bond motifs is 1. The van der Waals surface area contributed by atoms with Gasteiger partial charge >= 0.3 is 0 Å². The highest BCUT2D eigenvalue weighted by Gasteiger charge is 2.18. The molecule has 1 N–H and O–H groups in total. The largest absolute Gasteiger partial charge is 0.351 e. The first kappa shape index (κ1) is 17.3. The molecule has 0 bridgehead atoms. The molecule has 0 spiro atoms. The van der Waals surface area contributed by atoms with Crippen LogP contribution in [0.3, 0.4) is 0 Å². The SMILES string of the molecule is Cc1nc2c(SCC(=O)NC(C)(C)C)nnc(-c3cccs3)c2s1. The first-order valence-electron chi connectivity index (χ1n) is 7.45. The number of carbonyl (C=O) groups excluding carboxylic acids is 1. The fourth-order valence-corrected chi connectivity index (χ4v) is 4.67. The van der Waals surface area contributed by atoms with Gasteiger partial charge in [0.25, 0.3) is 0 Å². The van der Waals surface area contributed by atoms with Crippen LogP contribution in [-0.2, 0) is 4.79 Å². The number of aromatic nitrogens is 3. The van der Waals surface area contributed by atoms with Crippen molar-refractivity contribution in [2.75, 3.05) is 5.75 Å². The molecular formula is C16H18N4OS3. The Morgan fingerprint density at radius 1 is 1.33 bits per heavy atom. The minimum atomic E-state index is -0.237. The maximum absolute atomic E-state index is 12.0. The summed E-state index contributed by atoms with van der Waals surface area (Å²) in [6, 6.07) is 4.04. The van der Waals surface area contributed by atoms with Crippen LogP contribution in [0.4, 0.5) is 0 Å². The molecule has 0 aliphatic rings. The van der Waals surface area contributed by atoms with E-state index in [0.29, 0.717) is 10.8 Å². The van der Waals surface area contributed by atoms with E-state index in [1.165, 1.54) is 11.8 Å². The average molecular weight is 379 g/mol. The molecule has 0 atom stereocenters. The molecule has 8 heteroatoms. The Morgan fingerprint density at radius 2 is 2.12 bits per heavy atom. The van der Waals surface area contributed by atoms with E-state index in [-0.39, 0.29) is 11.4 Å². The maximum Gasteiger partial charge on any atom is 0.230 e. The van der Waals surface area contributed by atoms with Gasteiger partial charge < -0.3 is 5.32 Å². The summed E-state index contributed by atoms with van der Waals surface area (Å²) in [7, 11) is 0. The molecule has 0 saturated heterocycles. The number of nitrogens with zero attached hydrogens (tertiary/aromatic N) is 3.